The number of hydrogen-bond donors (Lipinski definition) is 2. The summed E-state index contributed by atoms with van der Waals surface area (Å²) in [5, 5.41) is 10.5. The lowest BCUT2D eigenvalue weighted by Gasteiger charge is -2.08. The lowest BCUT2D eigenvalue weighted by Crippen LogP contribution is -2.14. The Balaban J connectivity index is 2.79. The van der Waals surface area contributed by atoms with Crippen molar-refractivity contribution < 1.29 is 23.1 Å². The number of alkyl halides is 3. The average Bonchev–Trinajstić information content (AvgIpc) is 2.14. The molecule has 1 rings (SSSR count). The van der Waals surface area contributed by atoms with Crippen molar-refractivity contribution in [3.63, 3.8) is 0 Å². The maximum absolute atomic E-state index is 12.2. The van der Waals surface area contributed by atoms with Crippen LogP contribution in [0.1, 0.15) is 5.56 Å². The van der Waals surface area contributed by atoms with Gasteiger partial charge in [-0.1, -0.05) is 0 Å². The lowest BCUT2D eigenvalue weighted by atomic mass is 10.2. The Kier molecular flexibility index (Phi) is 3.13. The molecule has 1 aromatic heterocycles. The second-order valence-corrected chi connectivity index (χ2v) is 2.67. The quantitative estimate of drug-likeness (QED) is 0.812. The number of rotatable bonds is 3. The molecule has 0 saturated heterocycles. The second-order valence-electron chi connectivity index (χ2n) is 2.67. The van der Waals surface area contributed by atoms with E-state index >= 15 is 0 Å². The number of halogens is 3. The van der Waals surface area contributed by atoms with Crippen LogP contribution in [0.25, 0.3) is 0 Å². The molecule has 82 valence electrons. The van der Waals surface area contributed by atoms with Crippen LogP contribution in [-0.2, 0) is 11.0 Å². The normalized spacial score (nSPS) is 11.1. The third kappa shape index (κ3) is 3.45. The molecular weight excluding hydrogens is 213 g/mol. The largest absolute Gasteiger partial charge is 0.480 e. The molecule has 7 heteroatoms. The van der Waals surface area contributed by atoms with Crippen molar-refractivity contribution in [2.75, 3.05) is 11.9 Å². The first kappa shape index (κ1) is 11.3. The zero-order chi connectivity index (χ0) is 11.5. The average molecular weight is 220 g/mol. The molecule has 4 nitrogen and oxygen atoms in total. The van der Waals surface area contributed by atoms with Crippen LogP contribution in [0.5, 0.6) is 0 Å². The van der Waals surface area contributed by atoms with E-state index in [1.807, 2.05) is 0 Å². The number of anilines is 1. The van der Waals surface area contributed by atoms with E-state index in [-0.39, 0.29) is 5.82 Å². The number of nitrogens with one attached hydrogen (secondary N) is 1. The van der Waals surface area contributed by atoms with E-state index in [9.17, 15) is 18.0 Å². The fraction of sp³-hybridized carbons (Fsp3) is 0.250. The van der Waals surface area contributed by atoms with Gasteiger partial charge in [-0.15, -0.1) is 0 Å². The molecule has 0 aromatic carbocycles. The minimum Gasteiger partial charge on any atom is -0.480 e. The summed E-state index contributed by atoms with van der Waals surface area (Å²) in [4.78, 5) is 13.7. The highest BCUT2D eigenvalue weighted by Crippen LogP contribution is 2.29. The van der Waals surface area contributed by atoms with E-state index in [1.54, 1.807) is 0 Å². The molecule has 0 aliphatic rings. The maximum atomic E-state index is 12.2. The first-order valence-electron chi connectivity index (χ1n) is 3.88. The van der Waals surface area contributed by atoms with Crippen molar-refractivity contribution in [1.82, 2.24) is 4.98 Å². The summed E-state index contributed by atoms with van der Waals surface area (Å²) in [6, 6.07) is 1.56. The van der Waals surface area contributed by atoms with Crippen molar-refractivity contribution in [3.05, 3.63) is 23.9 Å². The molecule has 0 unspecified atom stereocenters. The van der Waals surface area contributed by atoms with Gasteiger partial charge in [0.05, 0.1) is 5.56 Å². The van der Waals surface area contributed by atoms with Crippen molar-refractivity contribution in [2.45, 2.75) is 6.18 Å². The molecule has 0 aliphatic carbocycles. The summed E-state index contributed by atoms with van der Waals surface area (Å²) in [5.41, 5.74) is -0.870. The predicted octanol–water partition coefficient (Wildman–Crippen LogP) is 1.60. The molecule has 0 spiro atoms. The summed E-state index contributed by atoms with van der Waals surface area (Å²) in [7, 11) is 0. The number of pyridine rings is 1. The Bertz CT molecular complexity index is 365. The first-order chi connectivity index (χ1) is 6.89. The van der Waals surface area contributed by atoms with E-state index in [0.717, 1.165) is 18.3 Å². The molecule has 1 aromatic rings. The van der Waals surface area contributed by atoms with Gasteiger partial charge in [-0.2, -0.15) is 13.2 Å². The maximum Gasteiger partial charge on any atom is 0.416 e. The summed E-state index contributed by atoms with van der Waals surface area (Å²) >= 11 is 0. The molecule has 0 amide bonds. The smallest absolute Gasteiger partial charge is 0.416 e. The lowest BCUT2D eigenvalue weighted by molar-refractivity contribution is -0.137. The van der Waals surface area contributed by atoms with Crippen LogP contribution < -0.4 is 5.32 Å². The van der Waals surface area contributed by atoms with Crippen LogP contribution in [0.4, 0.5) is 19.0 Å². The number of aliphatic carboxylic acids is 1. The number of aromatic nitrogens is 1. The fourth-order valence-electron chi connectivity index (χ4n) is 0.870. The molecule has 0 radical (unpaired) electrons. The third-order valence-corrected chi connectivity index (χ3v) is 1.51. The van der Waals surface area contributed by atoms with E-state index < -0.39 is 24.3 Å². The highest BCUT2D eigenvalue weighted by molar-refractivity contribution is 5.72. The van der Waals surface area contributed by atoms with E-state index in [1.165, 1.54) is 0 Å². The summed E-state index contributed by atoms with van der Waals surface area (Å²) in [6.07, 6.45) is -3.49. The topological polar surface area (TPSA) is 62.2 Å². The molecule has 1 heterocycles. The zero-order valence-corrected chi connectivity index (χ0v) is 7.38. The number of carboxylic acid groups (broad SMARTS) is 1. The minimum atomic E-state index is -4.46. The van der Waals surface area contributed by atoms with Crippen LogP contribution in [-0.4, -0.2) is 22.6 Å². The highest BCUT2D eigenvalue weighted by Gasteiger charge is 2.30. The van der Waals surface area contributed by atoms with E-state index in [2.05, 4.69) is 10.3 Å². The van der Waals surface area contributed by atoms with Crippen LogP contribution in [0, 0.1) is 0 Å². The van der Waals surface area contributed by atoms with Crippen molar-refractivity contribution in [3.8, 4) is 0 Å². The van der Waals surface area contributed by atoms with Gasteiger partial charge in [0.15, 0.2) is 0 Å². The van der Waals surface area contributed by atoms with Crippen molar-refractivity contribution in [2.24, 2.45) is 0 Å². The van der Waals surface area contributed by atoms with Crippen LogP contribution >= 0.6 is 0 Å². The van der Waals surface area contributed by atoms with Crippen molar-refractivity contribution in [1.29, 1.82) is 0 Å². The molecule has 2 N–H and O–H groups in total. The van der Waals surface area contributed by atoms with Gasteiger partial charge >= 0.3 is 12.1 Å². The first-order valence-corrected chi connectivity index (χ1v) is 3.88. The predicted molar refractivity (Wildman–Crippen MR) is 45.4 cm³/mol. The number of carbonyl (C=O) groups is 1. The Labute approximate surface area is 82.7 Å². The summed E-state index contributed by atoms with van der Waals surface area (Å²) in [6.45, 7) is -0.478. The van der Waals surface area contributed by atoms with Crippen molar-refractivity contribution >= 4 is 11.8 Å². The van der Waals surface area contributed by atoms with Crippen LogP contribution in [0.2, 0.25) is 0 Å². The van der Waals surface area contributed by atoms with Crippen LogP contribution in [0.15, 0.2) is 18.3 Å². The van der Waals surface area contributed by atoms with Crippen LogP contribution in [0.3, 0.4) is 0 Å². The zero-order valence-electron chi connectivity index (χ0n) is 7.38. The Morgan fingerprint density at radius 3 is 2.73 bits per heavy atom. The highest BCUT2D eigenvalue weighted by atomic mass is 19.4. The molecular formula is C8H7F3N2O2. The van der Waals surface area contributed by atoms with Gasteiger partial charge in [0.2, 0.25) is 0 Å². The number of nitrogens with zero attached hydrogens (tertiary/aromatic N) is 1. The molecule has 0 bridgehead atoms. The van der Waals surface area contributed by atoms with Gasteiger partial charge in [0.25, 0.3) is 0 Å². The Morgan fingerprint density at radius 1 is 1.53 bits per heavy atom. The van der Waals surface area contributed by atoms with Gasteiger partial charge in [-0.05, 0) is 12.1 Å². The van der Waals surface area contributed by atoms with E-state index in [4.69, 9.17) is 5.11 Å². The minimum absolute atomic E-state index is 0.118. The SMILES string of the molecule is O=C(O)CNc1cc(C(F)(F)F)ccn1. The Hall–Kier alpha value is -1.79. The monoisotopic (exact) mass is 220 g/mol. The summed E-state index contributed by atoms with van der Waals surface area (Å²) in [5.74, 6) is -1.29. The summed E-state index contributed by atoms with van der Waals surface area (Å²) < 4.78 is 36.6. The third-order valence-electron chi connectivity index (χ3n) is 1.51. The number of hydrogen-bond acceptors (Lipinski definition) is 3. The van der Waals surface area contributed by atoms with Gasteiger partial charge < -0.3 is 10.4 Å². The standard InChI is InChI=1S/C8H7F3N2O2/c9-8(10,11)5-1-2-12-6(3-5)13-4-7(14)15/h1-3H,4H2,(H,12,13)(H,14,15). The Morgan fingerprint density at radius 2 is 2.20 bits per heavy atom. The van der Waals surface area contributed by atoms with E-state index in [0.29, 0.717) is 0 Å². The molecule has 0 saturated carbocycles. The molecule has 0 atom stereocenters. The number of carboxylic acids is 1. The fourth-order valence-corrected chi connectivity index (χ4v) is 0.870. The molecule has 15 heavy (non-hydrogen) atoms. The molecule has 0 aliphatic heterocycles. The second kappa shape index (κ2) is 4.16. The van der Waals surface area contributed by atoms with Gasteiger partial charge in [0.1, 0.15) is 12.4 Å². The van der Waals surface area contributed by atoms with Gasteiger partial charge in [-0.3, -0.25) is 4.79 Å². The van der Waals surface area contributed by atoms with Gasteiger partial charge in [-0.25, -0.2) is 4.98 Å². The molecule has 0 fully saturated rings. The van der Waals surface area contributed by atoms with Gasteiger partial charge in [0, 0.05) is 6.20 Å².